The topological polar surface area (TPSA) is 63.7 Å². The van der Waals surface area contributed by atoms with Crippen LogP contribution in [-0.2, 0) is 16.0 Å². The number of unbranched alkanes of at least 4 members (excludes halogenated alkanes) is 1. The number of imide groups is 1. The van der Waals surface area contributed by atoms with E-state index in [9.17, 15) is 14.4 Å². The molecule has 2 aromatic carbocycles. The first-order valence-corrected chi connectivity index (χ1v) is 11.6. The fraction of sp³-hybridized carbons (Fsp3) is 0.444. The molecule has 0 saturated carbocycles. The van der Waals surface area contributed by atoms with Crippen LogP contribution in [0.1, 0.15) is 103 Å². The maximum absolute atomic E-state index is 13.6. The normalized spacial score (nSPS) is 13.3. The van der Waals surface area contributed by atoms with Crippen molar-refractivity contribution in [2.45, 2.75) is 72.1 Å². The van der Waals surface area contributed by atoms with Crippen LogP contribution in [-0.4, -0.2) is 24.4 Å². The van der Waals surface area contributed by atoms with Gasteiger partial charge in [-0.1, -0.05) is 71.4 Å². The van der Waals surface area contributed by atoms with E-state index in [-0.39, 0.29) is 36.0 Å². The average Bonchev–Trinajstić information content (AvgIpc) is 3.02. The van der Waals surface area contributed by atoms with Gasteiger partial charge in [-0.25, -0.2) is 4.90 Å². The van der Waals surface area contributed by atoms with Crippen molar-refractivity contribution in [2.75, 3.05) is 11.5 Å². The van der Waals surface area contributed by atoms with Gasteiger partial charge in [-0.15, -0.1) is 0 Å². The molecule has 0 radical (unpaired) electrons. The lowest BCUT2D eigenvalue weighted by atomic mass is 9.92. The molecule has 5 nitrogen and oxygen atoms in total. The number of para-hydroxylation sites is 1. The molecular weight excluding hydrogens is 402 g/mol. The largest absolute Gasteiger partial charge is 0.466 e. The van der Waals surface area contributed by atoms with Crippen LogP contribution in [0.4, 0.5) is 5.69 Å². The average molecular weight is 436 g/mol. The molecule has 0 atom stereocenters. The molecule has 1 aliphatic rings. The summed E-state index contributed by atoms with van der Waals surface area (Å²) in [4.78, 5) is 40.5. The van der Waals surface area contributed by atoms with Crippen molar-refractivity contribution in [3.63, 3.8) is 0 Å². The highest BCUT2D eigenvalue weighted by Crippen LogP contribution is 2.40. The van der Waals surface area contributed by atoms with Gasteiger partial charge in [0.1, 0.15) is 0 Å². The van der Waals surface area contributed by atoms with Crippen molar-refractivity contribution in [3.05, 3.63) is 64.2 Å². The predicted molar refractivity (Wildman–Crippen MR) is 126 cm³/mol. The molecule has 0 unspecified atom stereocenters. The smallest absolute Gasteiger partial charge is 0.306 e. The van der Waals surface area contributed by atoms with Crippen LogP contribution < -0.4 is 4.90 Å². The first-order valence-electron chi connectivity index (χ1n) is 11.6. The summed E-state index contributed by atoms with van der Waals surface area (Å²) in [7, 11) is 0. The third-order valence-electron chi connectivity index (χ3n) is 5.93. The van der Waals surface area contributed by atoms with Crippen LogP contribution in [0.3, 0.4) is 0 Å². The number of hydrogen-bond donors (Lipinski definition) is 0. The number of esters is 1. The van der Waals surface area contributed by atoms with Crippen molar-refractivity contribution in [3.8, 4) is 0 Å². The van der Waals surface area contributed by atoms with Gasteiger partial charge in [0.05, 0.1) is 23.4 Å². The monoisotopic (exact) mass is 435 g/mol. The van der Waals surface area contributed by atoms with Crippen molar-refractivity contribution in [1.29, 1.82) is 0 Å². The number of benzene rings is 2. The Morgan fingerprint density at radius 1 is 0.938 bits per heavy atom. The molecule has 3 rings (SSSR count). The highest BCUT2D eigenvalue weighted by molar-refractivity contribution is 6.35. The zero-order chi connectivity index (χ0) is 23.4. The number of rotatable bonds is 9. The number of carbonyl (C=O) groups is 3. The molecule has 0 spiro atoms. The van der Waals surface area contributed by atoms with Crippen LogP contribution in [0.15, 0.2) is 36.4 Å². The SMILES string of the molecule is CCCCOC(=O)CCc1cccc2c1C(=O)N(c1c(C(C)C)cccc1C(C)C)C2=O. The summed E-state index contributed by atoms with van der Waals surface area (Å²) in [6.45, 7) is 10.7. The second-order valence-corrected chi connectivity index (χ2v) is 8.95. The first kappa shape index (κ1) is 23.7. The van der Waals surface area contributed by atoms with E-state index in [1.54, 1.807) is 12.1 Å². The Morgan fingerprint density at radius 3 is 2.16 bits per heavy atom. The summed E-state index contributed by atoms with van der Waals surface area (Å²) in [6, 6.07) is 11.3. The lowest BCUT2D eigenvalue weighted by Crippen LogP contribution is -2.32. The predicted octanol–water partition coefficient (Wildman–Crippen LogP) is 6.01. The molecule has 5 heteroatoms. The Bertz CT molecular complexity index is 996. The van der Waals surface area contributed by atoms with Gasteiger partial charge in [0.2, 0.25) is 0 Å². The minimum Gasteiger partial charge on any atom is -0.466 e. The third kappa shape index (κ3) is 4.62. The van der Waals surface area contributed by atoms with Crippen LogP contribution >= 0.6 is 0 Å². The highest BCUT2D eigenvalue weighted by atomic mass is 16.5. The van der Waals surface area contributed by atoms with Crippen LogP contribution in [0, 0.1) is 0 Å². The van der Waals surface area contributed by atoms with Crippen LogP contribution in [0.25, 0.3) is 0 Å². The molecule has 2 amide bonds. The number of hydrogen-bond acceptors (Lipinski definition) is 4. The molecule has 0 aliphatic carbocycles. The number of aryl methyl sites for hydroxylation is 1. The number of fused-ring (bicyclic) bond motifs is 1. The van der Waals surface area contributed by atoms with E-state index < -0.39 is 0 Å². The highest BCUT2D eigenvalue weighted by Gasteiger charge is 2.40. The molecular formula is C27H33NO4. The van der Waals surface area contributed by atoms with Crippen molar-refractivity contribution < 1.29 is 19.1 Å². The quantitative estimate of drug-likeness (QED) is 0.275. The maximum atomic E-state index is 13.6. The molecule has 1 heterocycles. The van der Waals surface area contributed by atoms with Gasteiger partial charge in [0, 0.05) is 6.42 Å². The standard InChI is InChI=1S/C27H33NO4/c1-6-7-16-32-23(29)15-14-19-10-8-13-22-24(19)27(31)28(26(22)30)25-20(17(2)3)11-9-12-21(25)18(4)5/h8-13,17-18H,6-7,14-16H2,1-5H3. The number of amides is 2. The maximum Gasteiger partial charge on any atom is 0.306 e. The fourth-order valence-corrected chi connectivity index (χ4v) is 4.18. The van der Waals surface area contributed by atoms with Gasteiger partial charge >= 0.3 is 5.97 Å². The Labute approximate surface area is 190 Å². The van der Waals surface area contributed by atoms with Gasteiger partial charge in [0.25, 0.3) is 11.8 Å². The number of carbonyl (C=O) groups excluding carboxylic acids is 3. The van der Waals surface area contributed by atoms with E-state index in [0.717, 1.165) is 24.0 Å². The van der Waals surface area contributed by atoms with Gasteiger partial charge in [-0.3, -0.25) is 14.4 Å². The van der Waals surface area contributed by atoms with Gasteiger partial charge < -0.3 is 4.74 Å². The second-order valence-electron chi connectivity index (χ2n) is 8.95. The summed E-state index contributed by atoms with van der Waals surface area (Å²) < 4.78 is 5.24. The summed E-state index contributed by atoms with van der Waals surface area (Å²) in [5, 5.41) is 0. The second kappa shape index (κ2) is 10.1. The molecule has 0 N–H and O–H groups in total. The third-order valence-corrected chi connectivity index (χ3v) is 5.93. The minimum atomic E-state index is -0.310. The van der Waals surface area contributed by atoms with E-state index in [2.05, 4.69) is 27.7 Å². The molecule has 0 fully saturated rings. The van der Waals surface area contributed by atoms with E-state index in [1.165, 1.54) is 4.90 Å². The van der Waals surface area contributed by atoms with Crippen molar-refractivity contribution in [2.24, 2.45) is 0 Å². The van der Waals surface area contributed by atoms with Crippen LogP contribution in [0.5, 0.6) is 0 Å². The Hall–Kier alpha value is -2.95. The lowest BCUT2D eigenvalue weighted by molar-refractivity contribution is -0.143. The number of nitrogens with zero attached hydrogens (tertiary/aromatic N) is 1. The van der Waals surface area contributed by atoms with E-state index >= 15 is 0 Å². The van der Waals surface area contributed by atoms with E-state index in [1.807, 2.05) is 31.2 Å². The van der Waals surface area contributed by atoms with Gasteiger partial charge in [-0.2, -0.15) is 0 Å². The van der Waals surface area contributed by atoms with Gasteiger partial charge in [0.15, 0.2) is 0 Å². The Balaban J connectivity index is 1.96. The zero-order valence-corrected chi connectivity index (χ0v) is 19.7. The van der Waals surface area contributed by atoms with Crippen molar-refractivity contribution in [1.82, 2.24) is 0 Å². The fourth-order valence-electron chi connectivity index (χ4n) is 4.18. The molecule has 0 saturated heterocycles. The molecule has 0 bridgehead atoms. The van der Waals surface area contributed by atoms with Gasteiger partial charge in [-0.05, 0) is 47.4 Å². The first-order chi connectivity index (χ1) is 15.3. The number of ether oxygens (including phenoxy) is 1. The van der Waals surface area contributed by atoms with E-state index in [4.69, 9.17) is 4.74 Å². The van der Waals surface area contributed by atoms with E-state index in [0.29, 0.717) is 35.4 Å². The summed E-state index contributed by atoms with van der Waals surface area (Å²) >= 11 is 0. The molecule has 2 aromatic rings. The zero-order valence-electron chi connectivity index (χ0n) is 19.7. The molecule has 1 aliphatic heterocycles. The molecule has 0 aromatic heterocycles. The minimum absolute atomic E-state index is 0.158. The summed E-state index contributed by atoms with van der Waals surface area (Å²) in [5.74, 6) is -0.574. The summed E-state index contributed by atoms with van der Waals surface area (Å²) in [5.41, 5.74) is 4.18. The summed E-state index contributed by atoms with van der Waals surface area (Å²) in [6.07, 6.45) is 2.34. The Morgan fingerprint density at radius 2 is 1.56 bits per heavy atom. The van der Waals surface area contributed by atoms with Crippen molar-refractivity contribution >= 4 is 23.5 Å². The van der Waals surface area contributed by atoms with Crippen LogP contribution in [0.2, 0.25) is 0 Å². The lowest BCUT2D eigenvalue weighted by Gasteiger charge is -2.25. The molecule has 32 heavy (non-hydrogen) atoms. The molecule has 170 valence electrons. The Kier molecular flexibility index (Phi) is 7.49. The number of anilines is 1.